The lowest BCUT2D eigenvalue weighted by Crippen LogP contribution is -2.06. The highest BCUT2D eigenvalue weighted by atomic mass is 16.5. The molecule has 0 saturated carbocycles. The molecule has 0 aliphatic heterocycles. The molecule has 0 bridgehead atoms. The summed E-state index contributed by atoms with van der Waals surface area (Å²) in [7, 11) is 0. The van der Waals surface area contributed by atoms with Gasteiger partial charge in [0.15, 0.2) is 0 Å². The van der Waals surface area contributed by atoms with Gasteiger partial charge in [-0.25, -0.2) is 0 Å². The molecule has 1 aromatic heterocycles. The second-order valence-corrected chi connectivity index (χ2v) is 2.52. The zero-order valence-electron chi connectivity index (χ0n) is 7.56. The minimum absolute atomic E-state index is 0.177. The first kappa shape index (κ1) is 9.64. The molecular formula is C9H12N2O2. The molecule has 13 heavy (non-hydrogen) atoms. The molecule has 4 heteroatoms. The Morgan fingerprint density at radius 2 is 2.38 bits per heavy atom. The Bertz CT molecular complexity index is 262. The summed E-state index contributed by atoms with van der Waals surface area (Å²) in [4.78, 5) is 18.7. The van der Waals surface area contributed by atoms with Crippen molar-refractivity contribution in [3.05, 3.63) is 24.3 Å². The van der Waals surface area contributed by atoms with E-state index in [-0.39, 0.29) is 5.97 Å². The highest BCUT2D eigenvalue weighted by molar-refractivity contribution is 5.68. The van der Waals surface area contributed by atoms with E-state index in [1.54, 1.807) is 25.5 Å². The van der Waals surface area contributed by atoms with Crippen LogP contribution in [0, 0.1) is 0 Å². The summed E-state index contributed by atoms with van der Waals surface area (Å²) in [5, 5.41) is 0. The van der Waals surface area contributed by atoms with Crippen molar-refractivity contribution in [3.63, 3.8) is 0 Å². The van der Waals surface area contributed by atoms with Crippen LogP contribution < -0.4 is 0 Å². The molecule has 0 atom stereocenters. The van der Waals surface area contributed by atoms with Crippen LogP contribution in [0.4, 0.5) is 0 Å². The summed E-state index contributed by atoms with van der Waals surface area (Å²) in [6, 6.07) is 0. The van der Waals surface area contributed by atoms with Crippen molar-refractivity contribution in [2.75, 3.05) is 6.61 Å². The molecule has 1 rings (SSSR count). The number of aromatic nitrogens is 2. The SMILES string of the molecule is CCC(=O)OCCc1cnccn1. The third-order valence-electron chi connectivity index (χ3n) is 1.53. The molecule has 0 fully saturated rings. The highest BCUT2D eigenvalue weighted by Gasteiger charge is 1.98. The fraction of sp³-hybridized carbons (Fsp3) is 0.444. The minimum Gasteiger partial charge on any atom is -0.465 e. The summed E-state index contributed by atoms with van der Waals surface area (Å²) in [6.07, 6.45) is 5.94. The van der Waals surface area contributed by atoms with E-state index in [1.165, 1.54) is 0 Å². The average molecular weight is 180 g/mol. The molecule has 0 spiro atoms. The first-order valence-electron chi connectivity index (χ1n) is 4.23. The molecule has 0 saturated heterocycles. The monoisotopic (exact) mass is 180 g/mol. The predicted octanol–water partition coefficient (Wildman–Crippen LogP) is 0.972. The third-order valence-corrected chi connectivity index (χ3v) is 1.53. The van der Waals surface area contributed by atoms with Crippen LogP contribution in [0.15, 0.2) is 18.6 Å². The number of hydrogen-bond donors (Lipinski definition) is 0. The molecule has 0 aliphatic rings. The van der Waals surface area contributed by atoms with E-state index in [2.05, 4.69) is 9.97 Å². The molecule has 0 aliphatic carbocycles. The van der Waals surface area contributed by atoms with Gasteiger partial charge in [0.05, 0.1) is 12.3 Å². The Balaban J connectivity index is 2.24. The van der Waals surface area contributed by atoms with E-state index < -0.39 is 0 Å². The van der Waals surface area contributed by atoms with Crippen molar-refractivity contribution < 1.29 is 9.53 Å². The summed E-state index contributed by atoms with van der Waals surface area (Å²) < 4.78 is 4.89. The van der Waals surface area contributed by atoms with Gasteiger partial charge in [0.1, 0.15) is 0 Å². The van der Waals surface area contributed by atoms with Gasteiger partial charge in [-0.2, -0.15) is 0 Å². The number of nitrogens with zero attached hydrogens (tertiary/aromatic N) is 2. The first-order valence-corrected chi connectivity index (χ1v) is 4.23. The summed E-state index contributed by atoms with van der Waals surface area (Å²) >= 11 is 0. The van der Waals surface area contributed by atoms with E-state index in [4.69, 9.17) is 4.74 Å². The molecule has 1 heterocycles. The summed E-state index contributed by atoms with van der Waals surface area (Å²) in [5.74, 6) is -0.177. The zero-order valence-corrected chi connectivity index (χ0v) is 7.56. The molecule has 4 nitrogen and oxygen atoms in total. The van der Waals surface area contributed by atoms with Crippen molar-refractivity contribution in [2.45, 2.75) is 19.8 Å². The maximum absolute atomic E-state index is 10.7. The molecule has 0 unspecified atom stereocenters. The number of carbonyl (C=O) groups is 1. The Labute approximate surface area is 77.0 Å². The van der Waals surface area contributed by atoms with Crippen LogP contribution in [-0.4, -0.2) is 22.5 Å². The van der Waals surface area contributed by atoms with Crippen LogP contribution in [0.3, 0.4) is 0 Å². The van der Waals surface area contributed by atoms with Gasteiger partial charge in [0.25, 0.3) is 0 Å². The van der Waals surface area contributed by atoms with Crippen molar-refractivity contribution in [3.8, 4) is 0 Å². The molecule has 0 aromatic carbocycles. The summed E-state index contributed by atoms with van der Waals surface area (Å²) in [6.45, 7) is 2.15. The lowest BCUT2D eigenvalue weighted by atomic mass is 10.3. The Morgan fingerprint density at radius 3 is 3.00 bits per heavy atom. The normalized spacial score (nSPS) is 9.62. The second-order valence-electron chi connectivity index (χ2n) is 2.52. The fourth-order valence-electron chi connectivity index (χ4n) is 0.831. The quantitative estimate of drug-likeness (QED) is 0.648. The largest absolute Gasteiger partial charge is 0.465 e. The van der Waals surface area contributed by atoms with E-state index in [0.29, 0.717) is 19.4 Å². The van der Waals surface area contributed by atoms with Crippen LogP contribution >= 0.6 is 0 Å². The topological polar surface area (TPSA) is 52.1 Å². The number of esters is 1. The molecule has 70 valence electrons. The molecule has 0 N–H and O–H groups in total. The van der Waals surface area contributed by atoms with Crippen molar-refractivity contribution in [1.29, 1.82) is 0 Å². The highest BCUT2D eigenvalue weighted by Crippen LogP contribution is 1.93. The number of ether oxygens (including phenoxy) is 1. The van der Waals surface area contributed by atoms with E-state index >= 15 is 0 Å². The Hall–Kier alpha value is -1.45. The lowest BCUT2D eigenvalue weighted by molar-refractivity contribution is -0.143. The lowest BCUT2D eigenvalue weighted by Gasteiger charge is -2.01. The maximum Gasteiger partial charge on any atom is 0.305 e. The Kier molecular flexibility index (Phi) is 3.88. The van der Waals surface area contributed by atoms with Gasteiger partial charge in [0, 0.05) is 31.4 Å². The molecule has 0 radical (unpaired) electrons. The zero-order chi connectivity index (χ0) is 9.52. The van der Waals surface area contributed by atoms with Crippen LogP contribution in [-0.2, 0) is 16.0 Å². The van der Waals surface area contributed by atoms with Gasteiger partial charge >= 0.3 is 5.97 Å². The van der Waals surface area contributed by atoms with Crippen LogP contribution in [0.1, 0.15) is 19.0 Å². The van der Waals surface area contributed by atoms with Gasteiger partial charge < -0.3 is 4.74 Å². The van der Waals surface area contributed by atoms with Crippen molar-refractivity contribution in [2.24, 2.45) is 0 Å². The number of carbonyl (C=O) groups excluding carboxylic acids is 1. The fourth-order valence-corrected chi connectivity index (χ4v) is 0.831. The van der Waals surface area contributed by atoms with Crippen LogP contribution in [0.2, 0.25) is 0 Å². The smallest absolute Gasteiger partial charge is 0.305 e. The second kappa shape index (κ2) is 5.24. The van der Waals surface area contributed by atoms with E-state index in [9.17, 15) is 4.79 Å². The van der Waals surface area contributed by atoms with Crippen LogP contribution in [0.25, 0.3) is 0 Å². The maximum atomic E-state index is 10.7. The molecule has 0 amide bonds. The standard InChI is InChI=1S/C9H12N2O2/c1-2-9(12)13-6-3-8-7-10-4-5-11-8/h4-5,7H,2-3,6H2,1H3. The third kappa shape index (κ3) is 3.64. The minimum atomic E-state index is -0.177. The van der Waals surface area contributed by atoms with Crippen molar-refractivity contribution >= 4 is 5.97 Å². The van der Waals surface area contributed by atoms with E-state index in [0.717, 1.165) is 5.69 Å². The number of hydrogen-bond acceptors (Lipinski definition) is 4. The Morgan fingerprint density at radius 1 is 1.54 bits per heavy atom. The molecular weight excluding hydrogens is 168 g/mol. The molecule has 1 aromatic rings. The first-order chi connectivity index (χ1) is 6.33. The van der Waals surface area contributed by atoms with Gasteiger partial charge in [-0.3, -0.25) is 14.8 Å². The van der Waals surface area contributed by atoms with Gasteiger partial charge in [-0.05, 0) is 0 Å². The van der Waals surface area contributed by atoms with E-state index in [1.807, 2.05) is 0 Å². The number of rotatable bonds is 4. The van der Waals surface area contributed by atoms with Crippen LogP contribution in [0.5, 0.6) is 0 Å². The van der Waals surface area contributed by atoms with Crippen molar-refractivity contribution in [1.82, 2.24) is 9.97 Å². The predicted molar refractivity (Wildman–Crippen MR) is 47.0 cm³/mol. The van der Waals surface area contributed by atoms with Gasteiger partial charge in [-0.1, -0.05) is 6.92 Å². The van der Waals surface area contributed by atoms with Gasteiger partial charge in [-0.15, -0.1) is 0 Å². The average Bonchev–Trinajstić information content (AvgIpc) is 2.19. The van der Waals surface area contributed by atoms with Gasteiger partial charge in [0.2, 0.25) is 0 Å². The summed E-state index contributed by atoms with van der Waals surface area (Å²) in [5.41, 5.74) is 0.839.